The average Bonchev–Trinajstić information content (AvgIpc) is 2.65. The van der Waals surface area contributed by atoms with Crippen LogP contribution in [0.1, 0.15) is 25.1 Å². The molecule has 5 nitrogen and oxygen atoms in total. The Morgan fingerprint density at radius 2 is 2.07 bits per heavy atom. The summed E-state index contributed by atoms with van der Waals surface area (Å²) in [5, 5.41) is 1.15. The summed E-state index contributed by atoms with van der Waals surface area (Å²) in [4.78, 5) is 22.7. The molecular weight excluding hydrogens is 358 g/mol. The largest absolute Gasteiger partial charge is 0.369 e. The van der Waals surface area contributed by atoms with Crippen LogP contribution in [-0.2, 0) is 17.8 Å². The summed E-state index contributed by atoms with van der Waals surface area (Å²) in [7, 11) is 0. The Morgan fingerprint density at radius 3 is 2.81 bits per heavy atom. The van der Waals surface area contributed by atoms with Crippen molar-refractivity contribution in [1.29, 1.82) is 0 Å². The lowest BCUT2D eigenvalue weighted by Crippen LogP contribution is -2.33. The van der Waals surface area contributed by atoms with Crippen molar-refractivity contribution in [2.24, 2.45) is 0 Å². The van der Waals surface area contributed by atoms with Gasteiger partial charge in [-0.2, -0.15) is 0 Å². The van der Waals surface area contributed by atoms with Crippen molar-refractivity contribution in [3.05, 3.63) is 70.7 Å². The maximum absolute atomic E-state index is 13.4. The minimum Gasteiger partial charge on any atom is -0.369 e. The van der Waals surface area contributed by atoms with E-state index in [-0.39, 0.29) is 11.2 Å². The Balaban J connectivity index is 1.96. The molecule has 0 radical (unpaired) electrons. The molecule has 1 aliphatic rings. The minimum atomic E-state index is -0.256. The number of fused-ring (bicyclic) bond motifs is 2. The highest BCUT2D eigenvalue weighted by Gasteiger charge is 2.28. The van der Waals surface area contributed by atoms with Gasteiger partial charge in [0, 0.05) is 12.2 Å². The van der Waals surface area contributed by atoms with Crippen molar-refractivity contribution in [3.8, 4) is 5.69 Å². The lowest BCUT2D eigenvalue weighted by Gasteiger charge is -2.31. The molecule has 138 valence electrons. The van der Waals surface area contributed by atoms with Gasteiger partial charge < -0.3 is 4.74 Å². The van der Waals surface area contributed by atoms with Crippen LogP contribution in [-0.4, -0.2) is 25.9 Å². The van der Waals surface area contributed by atoms with Gasteiger partial charge in [-0.15, -0.1) is 6.58 Å². The van der Waals surface area contributed by atoms with E-state index in [4.69, 9.17) is 9.72 Å². The molecule has 27 heavy (non-hydrogen) atoms. The normalized spacial score (nSPS) is 15.5. The van der Waals surface area contributed by atoms with Crippen molar-refractivity contribution in [1.82, 2.24) is 14.5 Å². The van der Waals surface area contributed by atoms with Gasteiger partial charge in [0.1, 0.15) is 0 Å². The van der Waals surface area contributed by atoms with Crippen LogP contribution in [0, 0.1) is 0 Å². The number of benzene rings is 1. The van der Waals surface area contributed by atoms with E-state index in [9.17, 15) is 4.79 Å². The van der Waals surface area contributed by atoms with Crippen molar-refractivity contribution < 1.29 is 4.74 Å². The zero-order valence-electron chi connectivity index (χ0n) is 15.4. The molecule has 0 aliphatic carbocycles. The molecule has 3 heterocycles. The van der Waals surface area contributed by atoms with Gasteiger partial charge in [-0.25, -0.2) is 9.97 Å². The zero-order valence-corrected chi connectivity index (χ0v) is 16.3. The van der Waals surface area contributed by atoms with Crippen LogP contribution in [0.3, 0.4) is 0 Å². The number of aromatic nitrogens is 3. The summed E-state index contributed by atoms with van der Waals surface area (Å²) in [6.45, 7) is 8.31. The number of para-hydroxylation sites is 1. The van der Waals surface area contributed by atoms with Crippen LogP contribution >= 0.6 is 11.8 Å². The van der Waals surface area contributed by atoms with E-state index in [2.05, 4.69) is 25.4 Å². The number of thioether (sulfide) groups is 1. The van der Waals surface area contributed by atoms with Crippen LogP contribution < -0.4 is 5.56 Å². The monoisotopic (exact) mass is 379 g/mol. The van der Waals surface area contributed by atoms with E-state index in [0.29, 0.717) is 28.5 Å². The third-order valence-electron chi connectivity index (χ3n) is 4.56. The number of hydrogen-bond acceptors (Lipinski definition) is 5. The van der Waals surface area contributed by atoms with Crippen LogP contribution in [0.5, 0.6) is 0 Å². The molecule has 1 aliphatic heterocycles. The molecule has 1 aromatic carbocycles. The first-order valence-corrected chi connectivity index (χ1v) is 9.86. The van der Waals surface area contributed by atoms with Gasteiger partial charge in [0.2, 0.25) is 0 Å². The standard InChI is InChI=1S/C21H21N3O2S/c1-4-10-27-20-23-18-16(19(25)24(20)15-8-6-5-7-9-15)11-14-12-21(2,3)26-13-17(14)22-18/h4-9,11H,1,10,12-13H2,2-3H3. The molecule has 0 saturated heterocycles. The van der Waals surface area contributed by atoms with Gasteiger partial charge in [-0.3, -0.25) is 9.36 Å². The molecule has 0 unspecified atom stereocenters. The summed E-state index contributed by atoms with van der Waals surface area (Å²) in [5.74, 6) is 0.660. The predicted molar refractivity (Wildman–Crippen MR) is 109 cm³/mol. The second kappa shape index (κ2) is 6.94. The van der Waals surface area contributed by atoms with Crippen molar-refractivity contribution in [2.45, 2.75) is 37.6 Å². The maximum atomic E-state index is 13.4. The molecule has 0 saturated carbocycles. The van der Waals surface area contributed by atoms with Gasteiger partial charge in [-0.1, -0.05) is 36.0 Å². The smallest absolute Gasteiger partial charge is 0.268 e. The molecule has 0 bridgehead atoms. The Bertz CT molecular complexity index is 1070. The number of pyridine rings is 1. The van der Waals surface area contributed by atoms with Crippen molar-refractivity contribution in [3.63, 3.8) is 0 Å². The van der Waals surface area contributed by atoms with Gasteiger partial charge in [0.15, 0.2) is 10.8 Å². The molecule has 0 spiro atoms. The average molecular weight is 379 g/mol. The number of ether oxygens (including phenoxy) is 1. The molecule has 0 N–H and O–H groups in total. The Labute approximate surface area is 162 Å². The molecule has 6 heteroatoms. The second-order valence-electron chi connectivity index (χ2n) is 7.16. The Kier molecular flexibility index (Phi) is 4.61. The molecule has 0 fully saturated rings. The second-order valence-corrected chi connectivity index (χ2v) is 8.15. The Morgan fingerprint density at radius 1 is 1.30 bits per heavy atom. The first-order chi connectivity index (χ1) is 13.0. The van der Waals surface area contributed by atoms with Gasteiger partial charge in [0.25, 0.3) is 5.56 Å². The quantitative estimate of drug-likeness (QED) is 0.391. The summed E-state index contributed by atoms with van der Waals surface area (Å²) in [6.07, 6.45) is 2.52. The van der Waals surface area contributed by atoms with Crippen molar-refractivity contribution >= 4 is 22.8 Å². The minimum absolute atomic E-state index is 0.0997. The van der Waals surface area contributed by atoms with E-state index in [1.807, 2.05) is 36.4 Å². The third kappa shape index (κ3) is 3.42. The first kappa shape index (κ1) is 17.9. The molecule has 0 amide bonds. The topological polar surface area (TPSA) is 57.0 Å². The number of hydrogen-bond donors (Lipinski definition) is 0. The molecule has 3 aromatic rings. The van der Waals surface area contributed by atoms with Gasteiger partial charge in [-0.05, 0) is 37.6 Å². The highest BCUT2D eigenvalue weighted by Crippen LogP contribution is 2.29. The molecule has 2 aromatic heterocycles. The highest BCUT2D eigenvalue weighted by atomic mass is 32.2. The number of rotatable bonds is 4. The van der Waals surface area contributed by atoms with Crippen LogP contribution in [0.15, 0.2) is 59.0 Å². The van der Waals surface area contributed by atoms with Crippen molar-refractivity contribution in [2.75, 3.05) is 5.75 Å². The number of nitrogens with zero attached hydrogens (tertiary/aromatic N) is 3. The van der Waals surface area contributed by atoms with E-state index >= 15 is 0 Å². The Hall–Kier alpha value is -2.44. The van der Waals surface area contributed by atoms with Gasteiger partial charge >= 0.3 is 0 Å². The molecular formula is C21H21N3O2S. The maximum Gasteiger partial charge on any atom is 0.268 e. The molecule has 0 atom stereocenters. The fourth-order valence-corrected chi connectivity index (χ4v) is 3.99. The van der Waals surface area contributed by atoms with Crippen LogP contribution in [0.4, 0.5) is 0 Å². The van der Waals surface area contributed by atoms with Crippen LogP contribution in [0.25, 0.3) is 16.7 Å². The SMILES string of the molecule is C=CCSc1nc2nc3c(cc2c(=O)n1-c1ccccc1)CC(C)(C)OC3. The fraction of sp³-hybridized carbons (Fsp3) is 0.286. The summed E-state index contributed by atoms with van der Waals surface area (Å²) in [6, 6.07) is 11.5. The summed E-state index contributed by atoms with van der Waals surface area (Å²) in [5.41, 5.74) is 2.84. The molecule has 4 rings (SSSR count). The summed E-state index contributed by atoms with van der Waals surface area (Å²) >= 11 is 1.47. The van der Waals surface area contributed by atoms with E-state index in [1.54, 1.807) is 10.6 Å². The zero-order chi connectivity index (χ0) is 19.0. The fourth-order valence-electron chi connectivity index (χ4n) is 3.26. The summed E-state index contributed by atoms with van der Waals surface area (Å²) < 4.78 is 7.53. The third-order valence-corrected chi connectivity index (χ3v) is 5.49. The van der Waals surface area contributed by atoms with E-state index in [0.717, 1.165) is 23.4 Å². The lowest BCUT2D eigenvalue weighted by atomic mass is 9.94. The lowest BCUT2D eigenvalue weighted by molar-refractivity contribution is -0.0418. The van der Waals surface area contributed by atoms with Gasteiger partial charge in [0.05, 0.1) is 29.0 Å². The predicted octanol–water partition coefficient (Wildman–Crippen LogP) is 3.91. The first-order valence-electron chi connectivity index (χ1n) is 8.87. The van der Waals surface area contributed by atoms with Crippen LogP contribution in [0.2, 0.25) is 0 Å². The highest BCUT2D eigenvalue weighted by molar-refractivity contribution is 7.99. The van der Waals surface area contributed by atoms with E-state index < -0.39 is 0 Å². The van der Waals surface area contributed by atoms with E-state index in [1.165, 1.54) is 11.8 Å².